The Labute approximate surface area is 113 Å². The fourth-order valence-corrected chi connectivity index (χ4v) is 2.54. The molecule has 0 bridgehead atoms. The molecule has 0 aromatic rings. The number of aliphatic carboxylic acids is 1. The van der Waals surface area contributed by atoms with Crippen LogP contribution < -0.4 is 4.72 Å². The third kappa shape index (κ3) is 6.30. The number of morpholine rings is 1. The number of carboxylic acid groups (broad SMARTS) is 1. The van der Waals surface area contributed by atoms with Crippen LogP contribution in [0.25, 0.3) is 0 Å². The first-order chi connectivity index (χ1) is 8.92. The first kappa shape index (κ1) is 16.3. The molecule has 1 aliphatic heterocycles. The molecule has 1 heterocycles. The highest BCUT2D eigenvalue weighted by Gasteiger charge is 2.18. The molecule has 0 aromatic carbocycles. The fourth-order valence-electron chi connectivity index (χ4n) is 1.64. The largest absolute Gasteiger partial charge is 0.481 e. The van der Waals surface area contributed by atoms with Crippen molar-refractivity contribution in [2.45, 2.75) is 6.42 Å². The molecule has 9 heteroatoms. The van der Waals surface area contributed by atoms with E-state index in [0.717, 1.165) is 17.4 Å². The van der Waals surface area contributed by atoms with Crippen LogP contribution in [-0.2, 0) is 19.7 Å². The maximum atomic E-state index is 11.8. The molecule has 0 aromatic heterocycles. The fraction of sp³-hybridized carbons (Fsp3) is 0.900. The summed E-state index contributed by atoms with van der Waals surface area (Å²) < 4.78 is 32.2. The normalized spacial score (nSPS) is 17.8. The minimum Gasteiger partial charge on any atom is -0.481 e. The van der Waals surface area contributed by atoms with Gasteiger partial charge in [0.15, 0.2) is 0 Å². The first-order valence-corrected chi connectivity index (χ1v) is 7.58. The van der Waals surface area contributed by atoms with E-state index in [1.165, 1.54) is 7.05 Å². The summed E-state index contributed by atoms with van der Waals surface area (Å²) in [5.41, 5.74) is 0. The molecule has 0 radical (unpaired) electrons. The molecule has 1 fully saturated rings. The number of hydrogen-bond acceptors (Lipinski definition) is 5. The van der Waals surface area contributed by atoms with E-state index in [-0.39, 0.29) is 13.0 Å². The molecule has 0 atom stereocenters. The van der Waals surface area contributed by atoms with Gasteiger partial charge in [0, 0.05) is 39.8 Å². The van der Waals surface area contributed by atoms with Gasteiger partial charge in [-0.05, 0) is 0 Å². The number of ether oxygens (including phenoxy) is 1. The van der Waals surface area contributed by atoms with Crippen LogP contribution in [0.3, 0.4) is 0 Å². The van der Waals surface area contributed by atoms with Gasteiger partial charge < -0.3 is 9.84 Å². The van der Waals surface area contributed by atoms with Crippen molar-refractivity contribution in [3.05, 3.63) is 0 Å². The van der Waals surface area contributed by atoms with E-state index in [4.69, 9.17) is 9.84 Å². The number of nitrogens with one attached hydrogen (secondary N) is 1. The average molecular weight is 295 g/mol. The maximum Gasteiger partial charge on any atom is 0.304 e. The monoisotopic (exact) mass is 295 g/mol. The zero-order valence-electron chi connectivity index (χ0n) is 11.0. The van der Waals surface area contributed by atoms with Crippen LogP contribution in [0, 0.1) is 0 Å². The van der Waals surface area contributed by atoms with Gasteiger partial charge in [-0.3, -0.25) is 9.69 Å². The Morgan fingerprint density at radius 2 is 2.05 bits per heavy atom. The summed E-state index contributed by atoms with van der Waals surface area (Å²) in [5, 5.41) is 8.51. The summed E-state index contributed by atoms with van der Waals surface area (Å²) in [6.07, 6.45) is -0.207. The van der Waals surface area contributed by atoms with E-state index in [9.17, 15) is 13.2 Å². The molecule has 8 nitrogen and oxygen atoms in total. The molecule has 0 saturated carbocycles. The first-order valence-electron chi connectivity index (χ1n) is 6.14. The molecule has 2 N–H and O–H groups in total. The van der Waals surface area contributed by atoms with Gasteiger partial charge in [-0.1, -0.05) is 0 Å². The minimum absolute atomic E-state index is 0.0395. The van der Waals surface area contributed by atoms with Gasteiger partial charge in [0.1, 0.15) is 0 Å². The van der Waals surface area contributed by atoms with E-state index in [0.29, 0.717) is 26.3 Å². The van der Waals surface area contributed by atoms with Crippen LogP contribution in [0.1, 0.15) is 6.42 Å². The number of carbonyl (C=O) groups is 1. The Balaban J connectivity index is 2.27. The second kappa shape index (κ2) is 7.75. The van der Waals surface area contributed by atoms with Gasteiger partial charge >= 0.3 is 5.97 Å². The quantitative estimate of drug-likeness (QED) is 0.569. The van der Waals surface area contributed by atoms with Crippen molar-refractivity contribution in [3.8, 4) is 0 Å². The lowest BCUT2D eigenvalue weighted by molar-refractivity contribution is -0.137. The summed E-state index contributed by atoms with van der Waals surface area (Å²) >= 11 is 0. The van der Waals surface area contributed by atoms with Crippen LogP contribution in [0.5, 0.6) is 0 Å². The van der Waals surface area contributed by atoms with Crippen LogP contribution in [0.4, 0.5) is 0 Å². The average Bonchev–Trinajstić information content (AvgIpc) is 2.36. The molecule has 0 amide bonds. The van der Waals surface area contributed by atoms with Crippen molar-refractivity contribution in [1.82, 2.24) is 13.9 Å². The molecular formula is C10H21N3O5S. The highest BCUT2D eigenvalue weighted by atomic mass is 32.2. The molecule has 0 spiro atoms. The van der Waals surface area contributed by atoms with Gasteiger partial charge in [0.25, 0.3) is 10.2 Å². The molecule has 1 rings (SSSR count). The lowest BCUT2D eigenvalue weighted by Crippen LogP contribution is -2.44. The van der Waals surface area contributed by atoms with Gasteiger partial charge in [0.05, 0.1) is 19.6 Å². The van der Waals surface area contributed by atoms with Crippen LogP contribution in [0.2, 0.25) is 0 Å². The topological polar surface area (TPSA) is 99.2 Å². The summed E-state index contributed by atoms with van der Waals surface area (Å²) in [4.78, 5) is 12.5. The number of rotatable bonds is 8. The van der Waals surface area contributed by atoms with Crippen molar-refractivity contribution in [3.63, 3.8) is 0 Å². The third-order valence-electron chi connectivity index (χ3n) is 2.87. The smallest absolute Gasteiger partial charge is 0.304 e. The second-order valence-electron chi connectivity index (χ2n) is 4.32. The summed E-state index contributed by atoms with van der Waals surface area (Å²) in [5.74, 6) is -1.02. The van der Waals surface area contributed by atoms with Crippen LogP contribution >= 0.6 is 0 Å². The highest BCUT2D eigenvalue weighted by molar-refractivity contribution is 7.87. The molecule has 1 saturated heterocycles. The number of nitrogens with zero attached hydrogens (tertiary/aromatic N) is 2. The lowest BCUT2D eigenvalue weighted by atomic mass is 10.4. The van der Waals surface area contributed by atoms with Crippen molar-refractivity contribution < 1.29 is 23.1 Å². The molecule has 1 aliphatic rings. The zero-order chi connectivity index (χ0) is 14.3. The van der Waals surface area contributed by atoms with Gasteiger partial charge in [-0.25, -0.2) is 4.72 Å². The summed E-state index contributed by atoms with van der Waals surface area (Å²) in [6.45, 7) is 3.83. The summed E-state index contributed by atoms with van der Waals surface area (Å²) in [7, 11) is -2.23. The predicted octanol–water partition coefficient (Wildman–Crippen LogP) is -1.44. The zero-order valence-corrected chi connectivity index (χ0v) is 11.9. The van der Waals surface area contributed by atoms with Crippen molar-refractivity contribution in [2.24, 2.45) is 0 Å². The summed E-state index contributed by atoms with van der Waals surface area (Å²) in [6, 6.07) is 0. The molecule has 0 unspecified atom stereocenters. The maximum absolute atomic E-state index is 11.8. The van der Waals surface area contributed by atoms with Crippen molar-refractivity contribution in [1.29, 1.82) is 0 Å². The van der Waals surface area contributed by atoms with E-state index in [2.05, 4.69) is 9.62 Å². The third-order valence-corrected chi connectivity index (χ3v) is 4.44. The Morgan fingerprint density at radius 3 is 2.63 bits per heavy atom. The number of carboxylic acids is 1. The van der Waals surface area contributed by atoms with Crippen LogP contribution in [0.15, 0.2) is 0 Å². The van der Waals surface area contributed by atoms with Gasteiger partial charge in [-0.15, -0.1) is 0 Å². The van der Waals surface area contributed by atoms with E-state index in [1.807, 2.05) is 0 Å². The van der Waals surface area contributed by atoms with Gasteiger partial charge in [-0.2, -0.15) is 12.7 Å². The molecule has 0 aliphatic carbocycles. The van der Waals surface area contributed by atoms with E-state index < -0.39 is 16.2 Å². The Hall–Kier alpha value is -0.740. The Kier molecular flexibility index (Phi) is 6.66. The second-order valence-corrected chi connectivity index (χ2v) is 6.18. The Bertz CT molecular complexity index is 381. The lowest BCUT2D eigenvalue weighted by Gasteiger charge is -2.26. The standard InChI is InChI=1S/C10H21N3O5S/c1-12(4-2-10(14)15)19(16,17)11-3-5-13-6-8-18-9-7-13/h11H,2-9H2,1H3,(H,14,15). The SMILES string of the molecule is CN(CCC(=O)O)S(=O)(=O)NCCN1CCOCC1. The molecular weight excluding hydrogens is 274 g/mol. The molecule has 19 heavy (non-hydrogen) atoms. The van der Waals surface area contributed by atoms with Crippen LogP contribution in [-0.4, -0.2) is 81.7 Å². The van der Waals surface area contributed by atoms with Gasteiger partial charge in [0.2, 0.25) is 0 Å². The Morgan fingerprint density at radius 1 is 1.42 bits per heavy atom. The van der Waals surface area contributed by atoms with E-state index in [1.54, 1.807) is 0 Å². The number of hydrogen-bond donors (Lipinski definition) is 2. The van der Waals surface area contributed by atoms with E-state index >= 15 is 0 Å². The predicted molar refractivity (Wildman–Crippen MR) is 69.1 cm³/mol. The molecule has 112 valence electrons. The van der Waals surface area contributed by atoms with Crippen molar-refractivity contribution in [2.75, 3.05) is 53.0 Å². The minimum atomic E-state index is -3.59. The van der Waals surface area contributed by atoms with Crippen molar-refractivity contribution >= 4 is 16.2 Å². The highest BCUT2D eigenvalue weighted by Crippen LogP contribution is 1.98.